The van der Waals surface area contributed by atoms with Gasteiger partial charge in [-0.05, 0) is 0 Å². The lowest BCUT2D eigenvalue weighted by molar-refractivity contribution is -0.138. The van der Waals surface area contributed by atoms with Gasteiger partial charge in [0.2, 0.25) is 0 Å². The molecule has 1 aliphatic heterocycles. The monoisotopic (exact) mass is 157 g/mol. The van der Waals surface area contributed by atoms with Gasteiger partial charge in [0.1, 0.15) is 6.04 Å². The van der Waals surface area contributed by atoms with Crippen molar-refractivity contribution in [3.63, 3.8) is 0 Å². The highest BCUT2D eigenvalue weighted by Crippen LogP contribution is 1.95. The van der Waals surface area contributed by atoms with Gasteiger partial charge in [0, 0.05) is 18.9 Å². The van der Waals surface area contributed by atoms with Gasteiger partial charge in [-0.2, -0.15) is 0 Å². The zero-order valence-corrected chi connectivity index (χ0v) is 6.03. The summed E-state index contributed by atoms with van der Waals surface area (Å²) in [6.07, 6.45) is 3.54. The van der Waals surface area contributed by atoms with Crippen LogP contribution < -0.4 is 11.1 Å². The number of carboxylic acids is 1. The van der Waals surface area contributed by atoms with Crippen molar-refractivity contribution in [2.75, 3.05) is 13.2 Å². The van der Waals surface area contributed by atoms with Crippen LogP contribution in [0.2, 0.25) is 0 Å². The second kappa shape index (κ2) is 3.25. The fourth-order valence-corrected chi connectivity index (χ4v) is 0.837. The third-order valence-corrected chi connectivity index (χ3v) is 1.45. The van der Waals surface area contributed by atoms with Crippen LogP contribution in [0.4, 0.5) is 0 Å². The van der Waals surface area contributed by atoms with Crippen LogP contribution in [0.1, 0.15) is 0 Å². The predicted molar refractivity (Wildman–Crippen MR) is 39.5 cm³/mol. The average Bonchev–Trinajstić information content (AvgIpc) is 2.39. The van der Waals surface area contributed by atoms with Crippen LogP contribution in [-0.4, -0.2) is 35.2 Å². The number of carboxylic acid groups (broad SMARTS) is 1. The van der Waals surface area contributed by atoms with E-state index in [1.54, 1.807) is 17.3 Å². The Morgan fingerprint density at radius 2 is 2.64 bits per heavy atom. The SMILES string of the molecule is N[C@@H](CN1C=CNC1)C(=O)O. The molecule has 0 aromatic rings. The van der Waals surface area contributed by atoms with Crippen molar-refractivity contribution in [3.8, 4) is 0 Å². The molecule has 1 heterocycles. The van der Waals surface area contributed by atoms with E-state index in [0.29, 0.717) is 13.2 Å². The molecule has 0 saturated carbocycles. The standard InChI is InChI=1S/C6H11N3O2/c7-5(6(10)11)3-9-2-1-8-4-9/h1-2,5,8H,3-4,7H2,(H,10,11)/t5-/m0/s1. The molecule has 0 aromatic heterocycles. The van der Waals surface area contributed by atoms with Crippen LogP contribution in [0, 0.1) is 0 Å². The van der Waals surface area contributed by atoms with Crippen LogP contribution >= 0.6 is 0 Å². The van der Waals surface area contributed by atoms with E-state index in [2.05, 4.69) is 5.32 Å². The minimum atomic E-state index is -0.967. The first-order valence-corrected chi connectivity index (χ1v) is 3.32. The van der Waals surface area contributed by atoms with Crippen molar-refractivity contribution in [1.29, 1.82) is 0 Å². The molecule has 0 bridgehead atoms. The molecule has 0 spiro atoms. The van der Waals surface area contributed by atoms with Gasteiger partial charge < -0.3 is 21.1 Å². The van der Waals surface area contributed by atoms with E-state index in [0.717, 1.165) is 0 Å². The molecular formula is C6H11N3O2. The Hall–Kier alpha value is -1.23. The fourth-order valence-electron chi connectivity index (χ4n) is 0.837. The molecule has 0 amide bonds. The molecule has 0 fully saturated rings. The van der Waals surface area contributed by atoms with E-state index in [-0.39, 0.29) is 0 Å². The van der Waals surface area contributed by atoms with Gasteiger partial charge in [-0.25, -0.2) is 0 Å². The molecule has 11 heavy (non-hydrogen) atoms. The van der Waals surface area contributed by atoms with Crippen molar-refractivity contribution in [2.45, 2.75) is 6.04 Å². The van der Waals surface area contributed by atoms with E-state index < -0.39 is 12.0 Å². The molecule has 1 atom stereocenters. The lowest BCUT2D eigenvalue weighted by Crippen LogP contribution is -2.41. The Morgan fingerprint density at radius 3 is 3.09 bits per heavy atom. The predicted octanol–water partition coefficient (Wildman–Crippen LogP) is -1.27. The third-order valence-electron chi connectivity index (χ3n) is 1.45. The average molecular weight is 157 g/mol. The van der Waals surface area contributed by atoms with E-state index in [1.165, 1.54) is 0 Å². The highest BCUT2D eigenvalue weighted by atomic mass is 16.4. The minimum Gasteiger partial charge on any atom is -0.480 e. The number of aliphatic carboxylic acids is 1. The zero-order valence-electron chi connectivity index (χ0n) is 6.03. The highest BCUT2D eigenvalue weighted by Gasteiger charge is 2.15. The second-order valence-electron chi connectivity index (χ2n) is 2.39. The molecular weight excluding hydrogens is 146 g/mol. The molecule has 1 rings (SSSR count). The summed E-state index contributed by atoms with van der Waals surface area (Å²) in [4.78, 5) is 12.1. The molecule has 0 unspecified atom stereocenters. The van der Waals surface area contributed by atoms with E-state index >= 15 is 0 Å². The van der Waals surface area contributed by atoms with Gasteiger partial charge in [-0.1, -0.05) is 0 Å². The highest BCUT2D eigenvalue weighted by molar-refractivity contribution is 5.73. The lowest BCUT2D eigenvalue weighted by atomic mass is 10.3. The summed E-state index contributed by atoms with van der Waals surface area (Å²) in [6, 6.07) is -0.806. The molecule has 0 radical (unpaired) electrons. The molecule has 5 heteroatoms. The number of nitrogens with one attached hydrogen (secondary N) is 1. The summed E-state index contributed by atoms with van der Waals surface area (Å²) >= 11 is 0. The van der Waals surface area contributed by atoms with Gasteiger partial charge in [0.05, 0.1) is 6.67 Å². The normalized spacial score (nSPS) is 18.1. The Kier molecular flexibility index (Phi) is 2.32. The lowest BCUT2D eigenvalue weighted by Gasteiger charge is -2.16. The summed E-state index contributed by atoms with van der Waals surface area (Å²) in [5, 5.41) is 11.4. The van der Waals surface area contributed by atoms with Gasteiger partial charge in [0.15, 0.2) is 0 Å². The first-order valence-electron chi connectivity index (χ1n) is 3.32. The smallest absolute Gasteiger partial charge is 0.322 e. The Labute approximate surface area is 64.5 Å². The number of nitrogens with two attached hydrogens (primary N) is 1. The van der Waals surface area contributed by atoms with E-state index in [1.807, 2.05) is 0 Å². The maximum absolute atomic E-state index is 10.3. The maximum Gasteiger partial charge on any atom is 0.322 e. The van der Waals surface area contributed by atoms with Gasteiger partial charge in [0.25, 0.3) is 0 Å². The summed E-state index contributed by atoms with van der Waals surface area (Å²) in [7, 11) is 0. The van der Waals surface area contributed by atoms with E-state index in [9.17, 15) is 4.79 Å². The number of carbonyl (C=O) groups is 1. The van der Waals surface area contributed by atoms with Crippen LogP contribution in [0.3, 0.4) is 0 Å². The molecule has 5 nitrogen and oxygen atoms in total. The first-order chi connectivity index (χ1) is 5.20. The molecule has 1 aliphatic rings. The van der Waals surface area contributed by atoms with Gasteiger partial charge in [-0.3, -0.25) is 4.79 Å². The van der Waals surface area contributed by atoms with Crippen LogP contribution in [0.25, 0.3) is 0 Å². The number of hydrogen-bond donors (Lipinski definition) is 3. The van der Waals surface area contributed by atoms with E-state index in [4.69, 9.17) is 10.8 Å². The molecule has 0 aromatic carbocycles. The number of rotatable bonds is 3. The molecule has 62 valence electrons. The summed E-state index contributed by atoms with van der Waals surface area (Å²) < 4.78 is 0. The Bertz CT molecular complexity index is 181. The Morgan fingerprint density at radius 1 is 1.91 bits per heavy atom. The number of hydrogen-bond acceptors (Lipinski definition) is 4. The summed E-state index contributed by atoms with van der Waals surface area (Å²) in [5.74, 6) is -0.967. The van der Waals surface area contributed by atoms with Gasteiger partial charge in [-0.15, -0.1) is 0 Å². The maximum atomic E-state index is 10.3. The topological polar surface area (TPSA) is 78.6 Å². The fraction of sp³-hybridized carbons (Fsp3) is 0.500. The zero-order chi connectivity index (χ0) is 8.27. The van der Waals surface area contributed by atoms with Crippen LogP contribution in [0.5, 0.6) is 0 Å². The van der Waals surface area contributed by atoms with Gasteiger partial charge >= 0.3 is 5.97 Å². The third kappa shape index (κ3) is 2.12. The second-order valence-corrected chi connectivity index (χ2v) is 2.39. The first kappa shape index (κ1) is 7.87. The molecule has 4 N–H and O–H groups in total. The molecule has 0 saturated heterocycles. The largest absolute Gasteiger partial charge is 0.480 e. The summed E-state index contributed by atoms with van der Waals surface area (Å²) in [6.45, 7) is 0.986. The minimum absolute atomic E-state index is 0.346. The molecule has 0 aliphatic carbocycles. The van der Waals surface area contributed by atoms with Crippen molar-refractivity contribution < 1.29 is 9.90 Å². The van der Waals surface area contributed by atoms with Crippen molar-refractivity contribution >= 4 is 5.97 Å². The Balaban J connectivity index is 2.29. The van der Waals surface area contributed by atoms with Crippen molar-refractivity contribution in [3.05, 3.63) is 12.4 Å². The van der Waals surface area contributed by atoms with Crippen molar-refractivity contribution in [2.24, 2.45) is 5.73 Å². The quantitative estimate of drug-likeness (QED) is 0.476. The van der Waals surface area contributed by atoms with Crippen LogP contribution in [-0.2, 0) is 4.79 Å². The number of nitrogens with zero attached hydrogens (tertiary/aromatic N) is 1. The van der Waals surface area contributed by atoms with Crippen molar-refractivity contribution in [1.82, 2.24) is 10.2 Å². The van der Waals surface area contributed by atoms with Crippen LogP contribution in [0.15, 0.2) is 12.4 Å². The summed E-state index contributed by atoms with van der Waals surface area (Å²) in [5.41, 5.74) is 5.29.